The van der Waals surface area contributed by atoms with Crippen LogP contribution in [0.15, 0.2) is 65.0 Å². The predicted molar refractivity (Wildman–Crippen MR) is 117 cm³/mol. The summed E-state index contributed by atoms with van der Waals surface area (Å²) in [6, 6.07) is 16.1. The van der Waals surface area contributed by atoms with Gasteiger partial charge in [0, 0.05) is 17.9 Å². The van der Waals surface area contributed by atoms with E-state index in [0.29, 0.717) is 6.54 Å². The van der Waals surface area contributed by atoms with Crippen molar-refractivity contribution in [2.45, 2.75) is 18.5 Å². The smallest absolute Gasteiger partial charge is 0.234 e. The van der Waals surface area contributed by atoms with E-state index in [1.165, 1.54) is 4.31 Å². The number of aromatic nitrogens is 2. The van der Waals surface area contributed by atoms with Crippen LogP contribution in [-0.2, 0) is 16.4 Å². The lowest BCUT2D eigenvalue weighted by atomic mass is 10.1. The molecule has 0 unspecified atom stereocenters. The third-order valence-corrected chi connectivity index (χ3v) is 7.99. The Morgan fingerprint density at radius 2 is 1.93 bits per heavy atom. The van der Waals surface area contributed by atoms with Crippen molar-refractivity contribution in [1.29, 1.82) is 0 Å². The van der Waals surface area contributed by atoms with E-state index in [4.69, 9.17) is 10.1 Å². The summed E-state index contributed by atoms with van der Waals surface area (Å²) in [6.45, 7) is 2.20. The molecule has 0 saturated carbocycles. The fourth-order valence-electron chi connectivity index (χ4n) is 3.70. The highest BCUT2D eigenvalue weighted by Crippen LogP contribution is 2.33. The van der Waals surface area contributed by atoms with Crippen molar-refractivity contribution < 1.29 is 8.42 Å². The monoisotopic (exact) mass is 424 g/mol. The molecule has 0 atom stereocenters. The molecular formula is C21H20N4O2S2. The van der Waals surface area contributed by atoms with Crippen molar-refractivity contribution in [2.24, 2.45) is 5.10 Å². The Bertz CT molecular complexity index is 1220. The van der Waals surface area contributed by atoms with Crippen LogP contribution in [0.5, 0.6) is 0 Å². The third-order valence-electron chi connectivity index (χ3n) is 5.26. The number of nitrogens with zero attached hydrogens (tertiary/aromatic N) is 4. The number of hydrogen-bond acceptors (Lipinski definition) is 5. The fraction of sp³-hybridized carbons (Fsp3) is 0.238. The van der Waals surface area contributed by atoms with Crippen LogP contribution in [0.25, 0.3) is 11.3 Å². The van der Waals surface area contributed by atoms with Gasteiger partial charge in [0.25, 0.3) is 0 Å². The maximum Gasteiger partial charge on any atom is 0.234 e. The molecule has 2 aromatic carbocycles. The summed E-state index contributed by atoms with van der Waals surface area (Å²) in [5.74, 6) is 0.853. The van der Waals surface area contributed by atoms with E-state index in [1.807, 2.05) is 53.3 Å². The second-order valence-electron chi connectivity index (χ2n) is 7.02. The van der Waals surface area contributed by atoms with Crippen molar-refractivity contribution in [3.8, 4) is 11.3 Å². The molecule has 0 aliphatic carbocycles. The Balaban J connectivity index is 1.47. The lowest BCUT2D eigenvalue weighted by Gasteiger charge is -2.19. The fourth-order valence-corrected chi connectivity index (χ4v) is 5.74. The highest BCUT2D eigenvalue weighted by atomic mass is 32.2. The largest absolute Gasteiger partial charge is 0.270 e. The highest BCUT2D eigenvalue weighted by Gasteiger charge is 2.28. The van der Waals surface area contributed by atoms with E-state index >= 15 is 0 Å². The maximum absolute atomic E-state index is 12.3. The predicted octanol–water partition coefficient (Wildman–Crippen LogP) is 3.62. The van der Waals surface area contributed by atoms with Crippen molar-refractivity contribution in [3.05, 3.63) is 65.9 Å². The third kappa shape index (κ3) is 3.26. The summed E-state index contributed by atoms with van der Waals surface area (Å²) in [5, 5.41) is 5.67. The highest BCUT2D eigenvalue weighted by molar-refractivity contribution is 7.99. The Hall–Kier alpha value is -2.58. The molecular weight excluding hydrogens is 404 g/mol. The van der Waals surface area contributed by atoms with Gasteiger partial charge in [-0.3, -0.25) is 4.31 Å². The number of benzene rings is 2. The van der Waals surface area contributed by atoms with Gasteiger partial charge in [-0.1, -0.05) is 48.2 Å². The summed E-state index contributed by atoms with van der Waals surface area (Å²) in [6.07, 6.45) is 2.69. The molecule has 0 amide bonds. The molecule has 5 rings (SSSR count). The SMILES string of the molecule is CCS(=O)(=O)N1CCc2cc(C3=Nn4cc(-c5ccccc5)nc4SC3)ccc21. The molecule has 6 nitrogen and oxygen atoms in total. The van der Waals surface area contributed by atoms with Gasteiger partial charge >= 0.3 is 0 Å². The first-order valence-electron chi connectivity index (χ1n) is 9.54. The van der Waals surface area contributed by atoms with Crippen molar-refractivity contribution in [1.82, 2.24) is 9.66 Å². The zero-order valence-corrected chi connectivity index (χ0v) is 17.6. The molecule has 29 heavy (non-hydrogen) atoms. The van der Waals surface area contributed by atoms with E-state index < -0.39 is 10.0 Å². The molecule has 0 fully saturated rings. The van der Waals surface area contributed by atoms with Crippen LogP contribution >= 0.6 is 11.8 Å². The summed E-state index contributed by atoms with van der Waals surface area (Å²) >= 11 is 1.66. The van der Waals surface area contributed by atoms with Crippen LogP contribution in [0, 0.1) is 0 Å². The van der Waals surface area contributed by atoms with E-state index in [0.717, 1.165) is 51.1 Å². The van der Waals surface area contributed by atoms with Gasteiger partial charge in [-0.15, -0.1) is 0 Å². The zero-order chi connectivity index (χ0) is 20.0. The minimum atomic E-state index is -3.23. The molecule has 8 heteroatoms. The minimum Gasteiger partial charge on any atom is -0.270 e. The van der Waals surface area contributed by atoms with Gasteiger partial charge in [0.1, 0.15) is 0 Å². The lowest BCUT2D eigenvalue weighted by molar-refractivity contribution is 0.593. The summed E-state index contributed by atoms with van der Waals surface area (Å²) in [5.41, 5.74) is 5.85. The van der Waals surface area contributed by atoms with E-state index in [1.54, 1.807) is 18.7 Å². The Morgan fingerprint density at radius 3 is 2.72 bits per heavy atom. The van der Waals surface area contributed by atoms with Crippen molar-refractivity contribution in [2.75, 3.05) is 22.4 Å². The van der Waals surface area contributed by atoms with Crippen molar-refractivity contribution >= 4 is 33.2 Å². The van der Waals surface area contributed by atoms with E-state index in [2.05, 4.69) is 6.07 Å². The summed E-state index contributed by atoms with van der Waals surface area (Å²) in [7, 11) is -3.23. The molecule has 0 radical (unpaired) electrons. The molecule has 2 aliphatic heterocycles. The van der Waals surface area contributed by atoms with Crippen LogP contribution in [0.2, 0.25) is 0 Å². The number of sulfonamides is 1. The van der Waals surface area contributed by atoms with E-state index in [-0.39, 0.29) is 5.75 Å². The summed E-state index contributed by atoms with van der Waals surface area (Å²) in [4.78, 5) is 4.70. The maximum atomic E-state index is 12.3. The molecule has 0 saturated heterocycles. The number of fused-ring (bicyclic) bond motifs is 2. The standard InChI is InChI=1S/C21H20N4O2S2/c1-2-29(26,27)25-11-10-17-12-16(8-9-20(17)25)19-14-28-21-22-18(13-24(21)23-19)15-6-4-3-5-7-15/h3-9,12-13H,2,10-11,14H2,1H3. The van der Waals surface area contributed by atoms with Crippen LogP contribution in [-0.4, -0.2) is 41.8 Å². The van der Waals surface area contributed by atoms with Crippen LogP contribution in [0.4, 0.5) is 5.69 Å². The van der Waals surface area contributed by atoms with Gasteiger partial charge in [0.2, 0.25) is 10.0 Å². The molecule has 1 aromatic heterocycles. The molecule has 0 N–H and O–H groups in total. The topological polar surface area (TPSA) is 67.6 Å². The molecule has 2 aliphatic rings. The average molecular weight is 425 g/mol. The first kappa shape index (κ1) is 18.4. The van der Waals surface area contributed by atoms with Gasteiger partial charge in [-0.05, 0) is 36.6 Å². The van der Waals surface area contributed by atoms with Crippen LogP contribution in [0.1, 0.15) is 18.1 Å². The van der Waals surface area contributed by atoms with Crippen molar-refractivity contribution in [3.63, 3.8) is 0 Å². The average Bonchev–Trinajstić information content (AvgIpc) is 3.38. The Labute approximate surface area is 174 Å². The minimum absolute atomic E-state index is 0.116. The van der Waals surface area contributed by atoms with Gasteiger partial charge < -0.3 is 0 Å². The second kappa shape index (κ2) is 7.03. The van der Waals surface area contributed by atoms with Gasteiger partial charge in [0.15, 0.2) is 5.16 Å². The first-order chi connectivity index (χ1) is 14.0. The number of rotatable bonds is 4. The van der Waals surface area contributed by atoms with Gasteiger partial charge in [0.05, 0.1) is 29.0 Å². The molecule has 148 valence electrons. The molecule has 0 spiro atoms. The lowest BCUT2D eigenvalue weighted by Crippen LogP contribution is -2.30. The van der Waals surface area contributed by atoms with Crippen LogP contribution < -0.4 is 4.31 Å². The number of imidazole rings is 1. The normalized spacial score (nSPS) is 15.8. The molecule has 3 aromatic rings. The van der Waals surface area contributed by atoms with Gasteiger partial charge in [-0.25, -0.2) is 18.1 Å². The number of thioether (sulfide) groups is 1. The van der Waals surface area contributed by atoms with E-state index in [9.17, 15) is 8.42 Å². The van der Waals surface area contributed by atoms with Crippen LogP contribution in [0.3, 0.4) is 0 Å². The van der Waals surface area contributed by atoms with Gasteiger partial charge in [-0.2, -0.15) is 5.10 Å². The Morgan fingerprint density at radius 1 is 1.10 bits per heavy atom. The second-order valence-corrected chi connectivity index (χ2v) is 10.1. The first-order valence-corrected chi connectivity index (χ1v) is 12.1. The molecule has 0 bridgehead atoms. The molecule has 3 heterocycles. The number of anilines is 1. The zero-order valence-electron chi connectivity index (χ0n) is 15.9. The quantitative estimate of drug-likeness (QED) is 0.642. The number of hydrogen-bond donors (Lipinski definition) is 0. The Kier molecular flexibility index (Phi) is 4.48. The summed E-state index contributed by atoms with van der Waals surface area (Å²) < 4.78 is 28.0.